The average molecular weight is 277 g/mol. The van der Waals surface area contributed by atoms with Gasteiger partial charge in [-0.15, -0.1) is 0 Å². The Morgan fingerprint density at radius 3 is 2.52 bits per heavy atom. The molecule has 104 valence electrons. The van der Waals surface area contributed by atoms with Gasteiger partial charge >= 0.3 is 0 Å². The van der Waals surface area contributed by atoms with Crippen molar-refractivity contribution in [1.29, 1.82) is 10.5 Å². The minimum absolute atomic E-state index is 0.362. The monoisotopic (exact) mass is 277 g/mol. The van der Waals surface area contributed by atoms with Crippen LogP contribution in [0.3, 0.4) is 0 Å². The van der Waals surface area contributed by atoms with Crippen LogP contribution in [0.2, 0.25) is 0 Å². The van der Waals surface area contributed by atoms with Gasteiger partial charge in [0.1, 0.15) is 18.0 Å². The number of nitriles is 2. The Labute approximate surface area is 123 Å². The van der Waals surface area contributed by atoms with Crippen molar-refractivity contribution in [2.24, 2.45) is 0 Å². The zero-order valence-electron chi connectivity index (χ0n) is 11.7. The molecule has 2 N–H and O–H groups in total. The van der Waals surface area contributed by atoms with Gasteiger partial charge in [0.2, 0.25) is 0 Å². The summed E-state index contributed by atoms with van der Waals surface area (Å²) in [6.45, 7) is 2.96. The maximum atomic E-state index is 9.03. The Kier molecular flexibility index (Phi) is 4.74. The van der Waals surface area contributed by atoms with E-state index < -0.39 is 0 Å². The number of benzene rings is 1. The summed E-state index contributed by atoms with van der Waals surface area (Å²) in [5, 5.41) is 24.4. The van der Waals surface area contributed by atoms with Crippen LogP contribution in [0.15, 0.2) is 36.5 Å². The summed E-state index contributed by atoms with van der Waals surface area (Å²) in [5.74, 6) is 0.802. The van der Waals surface area contributed by atoms with E-state index in [1.165, 1.54) is 0 Å². The van der Waals surface area contributed by atoms with Crippen molar-refractivity contribution in [2.75, 3.05) is 17.2 Å². The summed E-state index contributed by atoms with van der Waals surface area (Å²) in [6, 6.07) is 12.9. The molecule has 0 aliphatic carbocycles. The van der Waals surface area contributed by atoms with Gasteiger partial charge in [-0.05, 0) is 30.7 Å². The van der Waals surface area contributed by atoms with Gasteiger partial charge in [0.15, 0.2) is 0 Å². The second kappa shape index (κ2) is 6.93. The minimum atomic E-state index is 0.362. The van der Waals surface area contributed by atoms with Gasteiger partial charge < -0.3 is 10.6 Å². The van der Waals surface area contributed by atoms with Crippen molar-refractivity contribution < 1.29 is 0 Å². The van der Waals surface area contributed by atoms with Gasteiger partial charge in [0.05, 0.1) is 11.1 Å². The fourth-order valence-electron chi connectivity index (χ4n) is 1.84. The maximum Gasteiger partial charge on any atom is 0.127 e. The van der Waals surface area contributed by atoms with Crippen molar-refractivity contribution in [3.8, 4) is 12.1 Å². The Morgan fingerprint density at radius 1 is 1.05 bits per heavy atom. The van der Waals surface area contributed by atoms with E-state index in [9.17, 15) is 0 Å². The number of aromatic nitrogens is 1. The van der Waals surface area contributed by atoms with Crippen molar-refractivity contribution in [3.63, 3.8) is 0 Å². The summed E-state index contributed by atoms with van der Waals surface area (Å²) in [4.78, 5) is 4.23. The summed E-state index contributed by atoms with van der Waals surface area (Å²) < 4.78 is 0. The molecular weight excluding hydrogens is 262 g/mol. The molecule has 0 radical (unpaired) electrons. The maximum absolute atomic E-state index is 9.03. The Hall–Kier alpha value is -3.05. The van der Waals surface area contributed by atoms with E-state index >= 15 is 0 Å². The average Bonchev–Trinajstić information content (AvgIpc) is 2.53. The SMILES string of the molecule is CCCNc1cc(Nc2ccc(C#N)c(C#N)c2)ccn1. The van der Waals surface area contributed by atoms with E-state index in [0.29, 0.717) is 11.1 Å². The smallest absolute Gasteiger partial charge is 0.127 e. The first-order valence-corrected chi connectivity index (χ1v) is 6.68. The largest absolute Gasteiger partial charge is 0.370 e. The van der Waals surface area contributed by atoms with Crippen LogP contribution in [0, 0.1) is 22.7 Å². The fraction of sp³-hybridized carbons (Fsp3) is 0.188. The molecule has 2 aromatic rings. The Bertz CT molecular complexity index is 709. The van der Waals surface area contributed by atoms with Gasteiger partial charge in [0.25, 0.3) is 0 Å². The standard InChI is InChI=1S/C16H15N5/c1-2-6-19-16-9-15(5-7-20-16)21-14-4-3-12(10-17)13(8-14)11-18/h3-5,7-9H,2,6H2,1H3,(H2,19,20,21). The molecular formula is C16H15N5. The molecule has 0 amide bonds. The van der Waals surface area contributed by atoms with Gasteiger partial charge in [-0.3, -0.25) is 0 Å². The number of pyridine rings is 1. The lowest BCUT2D eigenvalue weighted by atomic mass is 10.1. The number of anilines is 3. The van der Waals surface area contributed by atoms with E-state index in [-0.39, 0.29) is 0 Å². The molecule has 0 aliphatic heterocycles. The molecule has 5 nitrogen and oxygen atoms in total. The summed E-state index contributed by atoms with van der Waals surface area (Å²) in [5.41, 5.74) is 2.37. The van der Waals surface area contributed by atoms with E-state index in [4.69, 9.17) is 10.5 Å². The first kappa shape index (κ1) is 14.4. The molecule has 0 unspecified atom stereocenters. The van der Waals surface area contributed by atoms with Crippen LogP contribution in [0.5, 0.6) is 0 Å². The van der Waals surface area contributed by atoms with Gasteiger partial charge in [-0.2, -0.15) is 10.5 Å². The van der Waals surface area contributed by atoms with Crippen LogP contribution in [0.1, 0.15) is 24.5 Å². The third-order valence-corrected chi connectivity index (χ3v) is 2.87. The highest BCUT2D eigenvalue weighted by atomic mass is 15.0. The van der Waals surface area contributed by atoms with Gasteiger partial charge in [-0.1, -0.05) is 6.92 Å². The van der Waals surface area contributed by atoms with Gasteiger partial charge in [-0.25, -0.2) is 4.98 Å². The molecule has 0 aliphatic rings. The topological polar surface area (TPSA) is 84.5 Å². The molecule has 1 aromatic carbocycles. The lowest BCUT2D eigenvalue weighted by Crippen LogP contribution is -2.02. The van der Waals surface area contributed by atoms with E-state index in [1.54, 1.807) is 24.4 Å². The Balaban J connectivity index is 2.19. The van der Waals surface area contributed by atoms with Crippen LogP contribution in [0.4, 0.5) is 17.2 Å². The van der Waals surface area contributed by atoms with Crippen molar-refractivity contribution in [2.45, 2.75) is 13.3 Å². The van der Waals surface area contributed by atoms with Crippen molar-refractivity contribution in [3.05, 3.63) is 47.7 Å². The second-order valence-corrected chi connectivity index (χ2v) is 4.47. The molecule has 21 heavy (non-hydrogen) atoms. The predicted molar refractivity (Wildman–Crippen MR) is 82.2 cm³/mol. The first-order valence-electron chi connectivity index (χ1n) is 6.68. The van der Waals surface area contributed by atoms with Crippen LogP contribution >= 0.6 is 0 Å². The van der Waals surface area contributed by atoms with E-state index in [1.807, 2.05) is 24.3 Å². The second-order valence-electron chi connectivity index (χ2n) is 4.47. The molecule has 0 saturated carbocycles. The van der Waals surface area contributed by atoms with E-state index in [2.05, 4.69) is 22.5 Å². The normalized spacial score (nSPS) is 9.48. The third-order valence-electron chi connectivity index (χ3n) is 2.87. The van der Waals surface area contributed by atoms with Crippen LogP contribution in [-0.4, -0.2) is 11.5 Å². The molecule has 0 fully saturated rings. The summed E-state index contributed by atoms with van der Waals surface area (Å²) in [6.07, 6.45) is 2.75. The molecule has 0 spiro atoms. The highest BCUT2D eigenvalue weighted by Crippen LogP contribution is 2.21. The van der Waals surface area contributed by atoms with Crippen molar-refractivity contribution in [1.82, 2.24) is 4.98 Å². The number of hydrogen-bond acceptors (Lipinski definition) is 5. The van der Waals surface area contributed by atoms with Gasteiger partial charge in [0, 0.05) is 30.2 Å². The number of hydrogen-bond donors (Lipinski definition) is 2. The first-order chi connectivity index (χ1) is 10.3. The van der Waals surface area contributed by atoms with Crippen LogP contribution in [-0.2, 0) is 0 Å². The van der Waals surface area contributed by atoms with Crippen molar-refractivity contribution >= 4 is 17.2 Å². The molecule has 2 rings (SSSR count). The molecule has 0 atom stereocenters. The zero-order chi connectivity index (χ0) is 15.1. The molecule has 0 saturated heterocycles. The highest BCUT2D eigenvalue weighted by molar-refractivity contribution is 5.65. The molecule has 5 heteroatoms. The summed E-state index contributed by atoms with van der Waals surface area (Å²) in [7, 11) is 0. The number of nitrogens with zero attached hydrogens (tertiary/aromatic N) is 3. The lowest BCUT2D eigenvalue weighted by Gasteiger charge is -2.09. The molecule has 1 heterocycles. The number of rotatable bonds is 5. The predicted octanol–water partition coefficient (Wildman–Crippen LogP) is 3.39. The van der Waals surface area contributed by atoms with Crippen LogP contribution < -0.4 is 10.6 Å². The third kappa shape index (κ3) is 3.71. The lowest BCUT2D eigenvalue weighted by molar-refractivity contribution is 0.969. The number of nitrogens with one attached hydrogen (secondary N) is 2. The highest BCUT2D eigenvalue weighted by Gasteiger charge is 2.03. The quantitative estimate of drug-likeness (QED) is 0.875. The fourth-order valence-corrected chi connectivity index (χ4v) is 1.84. The Morgan fingerprint density at radius 2 is 1.81 bits per heavy atom. The van der Waals surface area contributed by atoms with Crippen LogP contribution in [0.25, 0.3) is 0 Å². The zero-order valence-corrected chi connectivity index (χ0v) is 11.7. The van der Waals surface area contributed by atoms with E-state index in [0.717, 1.165) is 30.2 Å². The summed E-state index contributed by atoms with van der Waals surface area (Å²) >= 11 is 0. The molecule has 1 aromatic heterocycles. The minimum Gasteiger partial charge on any atom is -0.370 e. The molecule has 0 bridgehead atoms.